The van der Waals surface area contributed by atoms with Crippen molar-refractivity contribution in [2.24, 2.45) is 5.90 Å². The second-order valence-corrected chi connectivity index (χ2v) is 5.80. The molecule has 0 heterocycles. The summed E-state index contributed by atoms with van der Waals surface area (Å²) in [6.07, 6.45) is 4.26. The molecule has 104 valence electrons. The molecular formula is C14H19BrN2O2. The van der Waals surface area contributed by atoms with Crippen LogP contribution in [0.4, 0.5) is 0 Å². The zero-order chi connectivity index (χ0) is 13.7. The number of carbonyl (C=O) groups is 1. The molecule has 1 aliphatic rings. The van der Waals surface area contributed by atoms with Crippen molar-refractivity contribution in [3.05, 3.63) is 34.3 Å². The minimum Gasteiger partial charge on any atom is -0.353 e. The van der Waals surface area contributed by atoms with Crippen molar-refractivity contribution in [1.82, 2.24) is 5.32 Å². The van der Waals surface area contributed by atoms with E-state index in [4.69, 9.17) is 10.7 Å². The predicted molar refractivity (Wildman–Crippen MR) is 77.3 cm³/mol. The fourth-order valence-electron chi connectivity index (χ4n) is 2.44. The Morgan fingerprint density at radius 2 is 2.00 bits per heavy atom. The van der Waals surface area contributed by atoms with Crippen LogP contribution in [-0.2, 0) is 16.1 Å². The monoisotopic (exact) mass is 326 g/mol. The van der Waals surface area contributed by atoms with Crippen molar-refractivity contribution in [3.63, 3.8) is 0 Å². The van der Waals surface area contributed by atoms with Gasteiger partial charge in [0, 0.05) is 10.5 Å². The molecule has 1 aliphatic carbocycles. The minimum absolute atomic E-state index is 0.0732. The van der Waals surface area contributed by atoms with Gasteiger partial charge in [0.2, 0.25) is 5.91 Å². The normalized spacial score (nSPS) is 23.1. The molecule has 0 radical (unpaired) electrons. The molecule has 0 saturated heterocycles. The molecular weight excluding hydrogens is 308 g/mol. The van der Waals surface area contributed by atoms with Crippen LogP contribution in [0.2, 0.25) is 0 Å². The predicted octanol–water partition coefficient (Wildman–Crippen LogP) is 2.31. The van der Waals surface area contributed by atoms with Gasteiger partial charge in [0.05, 0.1) is 12.5 Å². The van der Waals surface area contributed by atoms with Crippen LogP contribution in [0.25, 0.3) is 0 Å². The molecule has 0 spiro atoms. The highest BCUT2D eigenvalue weighted by Gasteiger charge is 2.22. The van der Waals surface area contributed by atoms with Gasteiger partial charge in [-0.15, -0.1) is 0 Å². The summed E-state index contributed by atoms with van der Waals surface area (Å²) >= 11 is 3.46. The van der Waals surface area contributed by atoms with Gasteiger partial charge < -0.3 is 10.2 Å². The molecule has 0 bridgehead atoms. The van der Waals surface area contributed by atoms with Crippen LogP contribution in [0.1, 0.15) is 31.2 Å². The van der Waals surface area contributed by atoms with E-state index in [0.717, 1.165) is 35.7 Å². The van der Waals surface area contributed by atoms with Crippen LogP contribution in [0.15, 0.2) is 28.7 Å². The summed E-state index contributed by atoms with van der Waals surface area (Å²) in [5.41, 5.74) is 1.01. The lowest BCUT2D eigenvalue weighted by molar-refractivity contribution is -0.121. The molecule has 1 aromatic rings. The van der Waals surface area contributed by atoms with Gasteiger partial charge in [-0.05, 0) is 37.3 Å². The van der Waals surface area contributed by atoms with Crippen LogP contribution in [-0.4, -0.2) is 18.1 Å². The van der Waals surface area contributed by atoms with Gasteiger partial charge in [0.15, 0.2) is 0 Å². The SMILES string of the molecule is NOC1CCC(NC(=O)Cc2ccccc2Br)CC1. The van der Waals surface area contributed by atoms with Gasteiger partial charge in [-0.3, -0.25) is 4.79 Å². The van der Waals surface area contributed by atoms with Crippen molar-refractivity contribution in [3.8, 4) is 0 Å². The third-order valence-electron chi connectivity index (χ3n) is 3.54. The first-order valence-electron chi connectivity index (χ1n) is 6.57. The average Bonchev–Trinajstić information content (AvgIpc) is 2.42. The molecule has 2 rings (SSSR count). The van der Waals surface area contributed by atoms with Crippen molar-refractivity contribution in [1.29, 1.82) is 0 Å². The summed E-state index contributed by atoms with van der Waals surface area (Å²) < 4.78 is 0.977. The Kier molecular flexibility index (Phi) is 5.36. The summed E-state index contributed by atoms with van der Waals surface area (Å²) in [7, 11) is 0. The molecule has 0 aliphatic heterocycles. The molecule has 0 unspecified atom stereocenters. The number of benzene rings is 1. The second kappa shape index (κ2) is 7.03. The van der Waals surface area contributed by atoms with E-state index in [9.17, 15) is 4.79 Å². The summed E-state index contributed by atoms with van der Waals surface area (Å²) in [5.74, 6) is 5.25. The van der Waals surface area contributed by atoms with Gasteiger partial charge in [0.25, 0.3) is 0 Å². The van der Waals surface area contributed by atoms with Gasteiger partial charge in [-0.1, -0.05) is 34.1 Å². The Bertz CT molecular complexity index is 431. The van der Waals surface area contributed by atoms with Crippen molar-refractivity contribution >= 4 is 21.8 Å². The van der Waals surface area contributed by atoms with Crippen LogP contribution in [0, 0.1) is 0 Å². The Labute approximate surface area is 121 Å². The quantitative estimate of drug-likeness (QED) is 0.834. The number of carbonyl (C=O) groups excluding carboxylic acids is 1. The summed E-state index contributed by atoms with van der Waals surface area (Å²) in [5, 5.41) is 3.08. The van der Waals surface area contributed by atoms with Crippen LogP contribution < -0.4 is 11.2 Å². The van der Waals surface area contributed by atoms with E-state index < -0.39 is 0 Å². The standard InChI is InChI=1S/C14H19BrN2O2/c15-13-4-2-1-3-10(13)9-14(18)17-11-5-7-12(19-16)8-6-11/h1-4,11-12H,5-9,16H2,(H,17,18). The van der Waals surface area contributed by atoms with Crippen molar-refractivity contribution in [2.75, 3.05) is 0 Å². The number of nitrogens with one attached hydrogen (secondary N) is 1. The fraction of sp³-hybridized carbons (Fsp3) is 0.500. The highest BCUT2D eigenvalue weighted by atomic mass is 79.9. The highest BCUT2D eigenvalue weighted by molar-refractivity contribution is 9.10. The van der Waals surface area contributed by atoms with E-state index in [2.05, 4.69) is 21.2 Å². The third-order valence-corrected chi connectivity index (χ3v) is 4.31. The lowest BCUT2D eigenvalue weighted by Gasteiger charge is -2.27. The number of halogens is 1. The molecule has 1 amide bonds. The van der Waals surface area contributed by atoms with Gasteiger partial charge in [0.1, 0.15) is 0 Å². The smallest absolute Gasteiger partial charge is 0.224 e. The summed E-state index contributed by atoms with van der Waals surface area (Å²) in [4.78, 5) is 16.8. The maximum atomic E-state index is 12.0. The molecule has 1 fully saturated rings. The van der Waals surface area contributed by atoms with E-state index in [-0.39, 0.29) is 18.1 Å². The maximum absolute atomic E-state index is 12.0. The van der Waals surface area contributed by atoms with E-state index in [1.165, 1.54) is 0 Å². The molecule has 19 heavy (non-hydrogen) atoms. The van der Waals surface area contributed by atoms with Crippen molar-refractivity contribution < 1.29 is 9.63 Å². The molecule has 3 N–H and O–H groups in total. The number of nitrogens with two attached hydrogens (primary N) is 1. The molecule has 1 saturated carbocycles. The first-order chi connectivity index (χ1) is 9.19. The van der Waals surface area contributed by atoms with Gasteiger partial charge >= 0.3 is 0 Å². The summed E-state index contributed by atoms with van der Waals surface area (Å²) in [6.45, 7) is 0. The van der Waals surface area contributed by atoms with Crippen molar-refractivity contribution in [2.45, 2.75) is 44.2 Å². The average molecular weight is 327 g/mol. The lowest BCUT2D eigenvalue weighted by Crippen LogP contribution is -2.40. The summed E-state index contributed by atoms with van der Waals surface area (Å²) in [6, 6.07) is 8.05. The van der Waals surface area contributed by atoms with Gasteiger partial charge in [-0.25, -0.2) is 5.90 Å². The molecule has 4 nitrogen and oxygen atoms in total. The minimum atomic E-state index is 0.0732. The molecule has 0 aromatic heterocycles. The van der Waals surface area contributed by atoms with E-state index in [1.807, 2.05) is 24.3 Å². The maximum Gasteiger partial charge on any atom is 0.224 e. The van der Waals surface area contributed by atoms with Crippen LogP contribution in [0.5, 0.6) is 0 Å². The van der Waals surface area contributed by atoms with E-state index >= 15 is 0 Å². The highest BCUT2D eigenvalue weighted by Crippen LogP contribution is 2.21. The van der Waals surface area contributed by atoms with Crippen LogP contribution >= 0.6 is 15.9 Å². The molecule has 1 aromatic carbocycles. The zero-order valence-electron chi connectivity index (χ0n) is 10.8. The lowest BCUT2D eigenvalue weighted by atomic mass is 9.93. The van der Waals surface area contributed by atoms with E-state index in [1.54, 1.807) is 0 Å². The Morgan fingerprint density at radius 3 is 2.63 bits per heavy atom. The van der Waals surface area contributed by atoms with E-state index in [0.29, 0.717) is 6.42 Å². The number of amides is 1. The Hall–Kier alpha value is -0.910. The number of rotatable bonds is 4. The Morgan fingerprint density at radius 1 is 1.32 bits per heavy atom. The Balaban J connectivity index is 1.81. The molecule has 0 atom stereocenters. The first kappa shape index (κ1) is 14.5. The largest absolute Gasteiger partial charge is 0.353 e. The fourth-order valence-corrected chi connectivity index (χ4v) is 2.86. The molecule has 5 heteroatoms. The third kappa shape index (κ3) is 4.30. The van der Waals surface area contributed by atoms with Crippen LogP contribution in [0.3, 0.4) is 0 Å². The topological polar surface area (TPSA) is 64.3 Å². The number of hydrogen-bond acceptors (Lipinski definition) is 3. The second-order valence-electron chi connectivity index (χ2n) is 4.95. The first-order valence-corrected chi connectivity index (χ1v) is 7.36. The number of hydrogen-bond donors (Lipinski definition) is 2. The zero-order valence-corrected chi connectivity index (χ0v) is 12.4. The van der Waals surface area contributed by atoms with Gasteiger partial charge in [-0.2, -0.15) is 0 Å².